The van der Waals surface area contributed by atoms with Crippen LogP contribution in [0.25, 0.3) is 0 Å². The van der Waals surface area contributed by atoms with Crippen molar-refractivity contribution in [3.05, 3.63) is 35.6 Å². The van der Waals surface area contributed by atoms with Gasteiger partial charge in [-0.15, -0.1) is 0 Å². The summed E-state index contributed by atoms with van der Waals surface area (Å²) in [5, 5.41) is 12.3. The van der Waals surface area contributed by atoms with Crippen LogP contribution in [0.1, 0.15) is 27.2 Å². The summed E-state index contributed by atoms with van der Waals surface area (Å²) < 4.78 is 0. The maximum atomic E-state index is 9.04. The normalized spacial score (nSPS) is 15.9. The topological polar surface area (TPSA) is 32.3 Å². The van der Waals surface area contributed by atoms with Crippen molar-refractivity contribution in [2.75, 3.05) is 13.2 Å². The fourth-order valence-electron chi connectivity index (χ4n) is 1.45. The molecule has 0 radical (unpaired) electrons. The fraction of sp³-hybridized carbons (Fsp3) is 0.500. The van der Waals surface area contributed by atoms with E-state index < -0.39 is 0 Å². The Morgan fingerprint density at radius 2 is 2.21 bits per heavy atom. The van der Waals surface area contributed by atoms with Crippen molar-refractivity contribution in [3.8, 4) is 0 Å². The third-order valence-electron chi connectivity index (χ3n) is 2.13. The number of aliphatic hydroxyl groups excluding tert-OH is 1. The van der Waals surface area contributed by atoms with Crippen LogP contribution in [-0.4, -0.2) is 18.3 Å². The molecule has 2 nitrogen and oxygen atoms in total. The van der Waals surface area contributed by atoms with Crippen molar-refractivity contribution in [3.63, 3.8) is 0 Å². The van der Waals surface area contributed by atoms with Crippen LogP contribution >= 0.6 is 0 Å². The van der Waals surface area contributed by atoms with Gasteiger partial charge in [-0.25, -0.2) is 0 Å². The predicted octanol–water partition coefficient (Wildman–Crippen LogP) is 2.38. The SMILES string of the molecule is C=CC1=C(/C(=C\C)CO)CCN1.CC. The first-order chi connectivity index (χ1) is 6.83. The molecule has 1 heterocycles. The minimum atomic E-state index is 0.116. The van der Waals surface area contributed by atoms with Crippen LogP contribution in [0.5, 0.6) is 0 Å². The Morgan fingerprint density at radius 3 is 2.64 bits per heavy atom. The van der Waals surface area contributed by atoms with Crippen molar-refractivity contribution in [1.82, 2.24) is 5.32 Å². The lowest BCUT2D eigenvalue weighted by Gasteiger charge is -2.04. The number of hydrogen-bond donors (Lipinski definition) is 2. The van der Waals surface area contributed by atoms with Crippen molar-refractivity contribution >= 4 is 0 Å². The lowest BCUT2D eigenvalue weighted by Crippen LogP contribution is -2.04. The van der Waals surface area contributed by atoms with Gasteiger partial charge < -0.3 is 10.4 Å². The van der Waals surface area contributed by atoms with Crippen LogP contribution in [0, 0.1) is 0 Å². The van der Waals surface area contributed by atoms with Crippen LogP contribution in [0.4, 0.5) is 0 Å². The third kappa shape index (κ3) is 3.04. The Hall–Kier alpha value is -1.02. The van der Waals surface area contributed by atoms with Gasteiger partial charge in [-0.1, -0.05) is 26.5 Å². The van der Waals surface area contributed by atoms with Gasteiger partial charge in [0.15, 0.2) is 0 Å². The van der Waals surface area contributed by atoms with Crippen molar-refractivity contribution in [2.24, 2.45) is 0 Å². The zero-order chi connectivity index (χ0) is 11.0. The van der Waals surface area contributed by atoms with E-state index in [0.29, 0.717) is 0 Å². The van der Waals surface area contributed by atoms with Gasteiger partial charge in [0.1, 0.15) is 0 Å². The molecular formula is C12H21NO. The third-order valence-corrected chi connectivity index (χ3v) is 2.13. The molecule has 0 spiro atoms. The summed E-state index contributed by atoms with van der Waals surface area (Å²) in [5.41, 5.74) is 3.28. The molecule has 2 heteroatoms. The van der Waals surface area contributed by atoms with Crippen LogP contribution in [-0.2, 0) is 0 Å². The molecular weight excluding hydrogens is 174 g/mol. The van der Waals surface area contributed by atoms with Gasteiger partial charge in [0.05, 0.1) is 6.61 Å². The van der Waals surface area contributed by atoms with Gasteiger partial charge in [0, 0.05) is 12.2 Å². The van der Waals surface area contributed by atoms with Crippen LogP contribution in [0.3, 0.4) is 0 Å². The molecule has 0 aromatic rings. The highest BCUT2D eigenvalue weighted by Crippen LogP contribution is 2.21. The highest BCUT2D eigenvalue weighted by Gasteiger charge is 2.13. The average molecular weight is 195 g/mol. The van der Waals surface area contributed by atoms with Gasteiger partial charge in [0.2, 0.25) is 0 Å². The lowest BCUT2D eigenvalue weighted by atomic mass is 10.0. The van der Waals surface area contributed by atoms with E-state index in [2.05, 4.69) is 11.9 Å². The molecule has 2 N–H and O–H groups in total. The fourth-order valence-corrected chi connectivity index (χ4v) is 1.45. The maximum absolute atomic E-state index is 9.04. The Kier molecular flexibility index (Phi) is 6.85. The number of allylic oxidation sites excluding steroid dienone is 2. The molecule has 14 heavy (non-hydrogen) atoms. The second-order valence-corrected chi connectivity index (χ2v) is 2.75. The zero-order valence-electron chi connectivity index (χ0n) is 9.43. The Bertz CT molecular complexity index is 239. The number of aliphatic hydroxyl groups is 1. The van der Waals surface area contributed by atoms with E-state index in [1.807, 2.05) is 32.9 Å². The van der Waals surface area contributed by atoms with Crippen molar-refractivity contribution in [1.29, 1.82) is 0 Å². The second-order valence-electron chi connectivity index (χ2n) is 2.75. The van der Waals surface area contributed by atoms with E-state index in [4.69, 9.17) is 5.11 Å². The lowest BCUT2D eigenvalue weighted by molar-refractivity contribution is 0.332. The Balaban J connectivity index is 0.000000791. The number of hydrogen-bond acceptors (Lipinski definition) is 2. The Labute approximate surface area is 87.0 Å². The smallest absolute Gasteiger partial charge is 0.0682 e. The van der Waals surface area contributed by atoms with E-state index in [9.17, 15) is 0 Å². The molecule has 0 fully saturated rings. The van der Waals surface area contributed by atoms with Gasteiger partial charge in [-0.3, -0.25) is 0 Å². The maximum Gasteiger partial charge on any atom is 0.0682 e. The molecule has 1 aliphatic rings. The van der Waals surface area contributed by atoms with Crippen LogP contribution < -0.4 is 5.32 Å². The molecule has 1 aliphatic heterocycles. The molecule has 0 aliphatic carbocycles. The zero-order valence-corrected chi connectivity index (χ0v) is 9.43. The van der Waals surface area contributed by atoms with Gasteiger partial charge in [-0.05, 0) is 30.6 Å². The summed E-state index contributed by atoms with van der Waals surface area (Å²) >= 11 is 0. The van der Waals surface area contributed by atoms with E-state index >= 15 is 0 Å². The highest BCUT2D eigenvalue weighted by atomic mass is 16.3. The van der Waals surface area contributed by atoms with E-state index in [0.717, 1.165) is 24.2 Å². The summed E-state index contributed by atoms with van der Waals surface area (Å²) in [6.45, 7) is 10.7. The molecule has 0 unspecified atom stereocenters. The quantitative estimate of drug-likeness (QED) is 0.724. The van der Waals surface area contributed by atoms with E-state index in [1.165, 1.54) is 5.57 Å². The predicted molar refractivity (Wildman–Crippen MR) is 62.0 cm³/mol. The average Bonchev–Trinajstić information content (AvgIpc) is 2.71. The van der Waals surface area contributed by atoms with Crippen LogP contribution in [0.2, 0.25) is 0 Å². The molecule has 0 aromatic carbocycles. The molecule has 0 saturated heterocycles. The van der Waals surface area contributed by atoms with Gasteiger partial charge >= 0.3 is 0 Å². The first-order valence-electron chi connectivity index (χ1n) is 5.19. The first-order valence-corrected chi connectivity index (χ1v) is 5.19. The minimum Gasteiger partial charge on any atom is -0.392 e. The Morgan fingerprint density at radius 1 is 1.57 bits per heavy atom. The standard InChI is InChI=1S/C10H15NO.C2H6/c1-3-8(7-12)9-5-6-11-10(9)4-2;1-2/h3-4,11-12H,2,5-7H2,1H3;1-2H3/b8-3-;. The van der Waals surface area contributed by atoms with E-state index in [1.54, 1.807) is 0 Å². The summed E-state index contributed by atoms with van der Waals surface area (Å²) in [5.74, 6) is 0. The largest absolute Gasteiger partial charge is 0.392 e. The van der Waals surface area contributed by atoms with Gasteiger partial charge in [-0.2, -0.15) is 0 Å². The molecule has 80 valence electrons. The first kappa shape index (κ1) is 13.0. The summed E-state index contributed by atoms with van der Waals surface area (Å²) in [6, 6.07) is 0. The monoisotopic (exact) mass is 195 g/mol. The molecule has 0 atom stereocenters. The van der Waals surface area contributed by atoms with Crippen molar-refractivity contribution in [2.45, 2.75) is 27.2 Å². The van der Waals surface area contributed by atoms with E-state index in [-0.39, 0.29) is 6.61 Å². The highest BCUT2D eigenvalue weighted by molar-refractivity contribution is 5.41. The molecule has 0 amide bonds. The van der Waals surface area contributed by atoms with Crippen molar-refractivity contribution < 1.29 is 5.11 Å². The summed E-state index contributed by atoms with van der Waals surface area (Å²) in [4.78, 5) is 0. The number of rotatable bonds is 3. The summed E-state index contributed by atoms with van der Waals surface area (Å²) in [6.07, 6.45) is 4.74. The summed E-state index contributed by atoms with van der Waals surface area (Å²) in [7, 11) is 0. The molecule has 0 saturated carbocycles. The molecule has 0 bridgehead atoms. The van der Waals surface area contributed by atoms with Gasteiger partial charge in [0.25, 0.3) is 0 Å². The molecule has 0 aromatic heterocycles. The second kappa shape index (κ2) is 7.39. The minimum absolute atomic E-state index is 0.116. The van der Waals surface area contributed by atoms with Crippen LogP contribution in [0.15, 0.2) is 35.6 Å². The number of nitrogens with one attached hydrogen (secondary N) is 1. The molecule has 1 rings (SSSR count).